The van der Waals surface area contributed by atoms with Crippen LogP contribution in [0, 0.1) is 0 Å². The van der Waals surface area contributed by atoms with Gasteiger partial charge in [-0.05, 0) is 26.4 Å². The number of hydrogen-bond donors (Lipinski definition) is 1. The van der Waals surface area contributed by atoms with E-state index in [0.717, 1.165) is 32.8 Å². The molecule has 0 aliphatic carbocycles. The lowest BCUT2D eigenvalue weighted by atomic mass is 10.2. The summed E-state index contributed by atoms with van der Waals surface area (Å²) < 4.78 is 5.57. The summed E-state index contributed by atoms with van der Waals surface area (Å²) in [5.74, 6) is 0. The van der Waals surface area contributed by atoms with Crippen LogP contribution in [0.1, 0.15) is 19.8 Å². The maximum Gasteiger partial charge on any atom is 0.0702 e. The average molecular weight is 186 g/mol. The van der Waals surface area contributed by atoms with E-state index in [1.165, 1.54) is 12.8 Å². The molecule has 1 heterocycles. The topological polar surface area (TPSA) is 24.5 Å². The summed E-state index contributed by atoms with van der Waals surface area (Å²) in [5.41, 5.74) is 0. The van der Waals surface area contributed by atoms with Gasteiger partial charge in [-0.1, -0.05) is 6.92 Å². The van der Waals surface area contributed by atoms with Crippen LogP contribution < -0.4 is 5.32 Å². The standard InChI is InChI=1S/C10H22N2O/c1-3-11-6-7-12(2)9-10-5-4-8-13-10/h10-11H,3-9H2,1-2H3. The van der Waals surface area contributed by atoms with E-state index >= 15 is 0 Å². The number of hydrogen-bond acceptors (Lipinski definition) is 3. The minimum Gasteiger partial charge on any atom is -0.377 e. The third-order valence-electron chi connectivity index (χ3n) is 2.46. The molecule has 1 rings (SSSR count). The lowest BCUT2D eigenvalue weighted by Gasteiger charge is -2.20. The molecule has 78 valence electrons. The lowest BCUT2D eigenvalue weighted by Crippen LogP contribution is -2.34. The van der Waals surface area contributed by atoms with E-state index < -0.39 is 0 Å². The molecular formula is C10H22N2O. The molecule has 1 atom stereocenters. The van der Waals surface area contributed by atoms with Gasteiger partial charge in [-0.25, -0.2) is 0 Å². The van der Waals surface area contributed by atoms with Crippen LogP contribution in [-0.4, -0.2) is 50.8 Å². The Morgan fingerprint density at radius 1 is 1.54 bits per heavy atom. The predicted octanol–water partition coefficient (Wildman–Crippen LogP) is 0.707. The fourth-order valence-corrected chi connectivity index (χ4v) is 1.67. The van der Waals surface area contributed by atoms with E-state index in [-0.39, 0.29) is 0 Å². The van der Waals surface area contributed by atoms with Crippen LogP contribution >= 0.6 is 0 Å². The molecule has 1 aliphatic rings. The van der Waals surface area contributed by atoms with Crippen LogP contribution in [0.15, 0.2) is 0 Å². The second-order valence-electron chi connectivity index (χ2n) is 3.75. The summed E-state index contributed by atoms with van der Waals surface area (Å²) in [4.78, 5) is 2.35. The first-order chi connectivity index (χ1) is 6.33. The molecule has 1 fully saturated rings. The Balaban J connectivity index is 1.99. The Hall–Kier alpha value is -0.120. The zero-order valence-electron chi connectivity index (χ0n) is 8.88. The smallest absolute Gasteiger partial charge is 0.0702 e. The van der Waals surface area contributed by atoms with Gasteiger partial charge in [0.25, 0.3) is 0 Å². The first-order valence-electron chi connectivity index (χ1n) is 5.33. The van der Waals surface area contributed by atoms with Gasteiger partial charge in [-0.15, -0.1) is 0 Å². The molecule has 0 aromatic heterocycles. The summed E-state index contributed by atoms with van der Waals surface area (Å²) in [6.07, 6.45) is 2.98. The molecule has 1 saturated heterocycles. The van der Waals surface area contributed by atoms with Gasteiger partial charge in [0.1, 0.15) is 0 Å². The van der Waals surface area contributed by atoms with Crippen molar-refractivity contribution in [3.05, 3.63) is 0 Å². The molecule has 3 heteroatoms. The van der Waals surface area contributed by atoms with Crippen LogP contribution in [0.5, 0.6) is 0 Å². The van der Waals surface area contributed by atoms with Crippen LogP contribution in [0.4, 0.5) is 0 Å². The molecule has 0 bridgehead atoms. The molecule has 1 N–H and O–H groups in total. The molecule has 13 heavy (non-hydrogen) atoms. The van der Waals surface area contributed by atoms with E-state index in [1.807, 2.05) is 0 Å². The van der Waals surface area contributed by atoms with Gasteiger partial charge in [0.05, 0.1) is 6.10 Å². The summed E-state index contributed by atoms with van der Waals surface area (Å²) >= 11 is 0. The third kappa shape index (κ3) is 4.60. The van der Waals surface area contributed by atoms with Crippen molar-refractivity contribution < 1.29 is 4.74 Å². The molecule has 0 amide bonds. The van der Waals surface area contributed by atoms with E-state index in [0.29, 0.717) is 6.10 Å². The highest BCUT2D eigenvalue weighted by Crippen LogP contribution is 2.12. The zero-order valence-corrected chi connectivity index (χ0v) is 8.88. The van der Waals surface area contributed by atoms with E-state index in [1.54, 1.807) is 0 Å². The highest BCUT2D eigenvalue weighted by Gasteiger charge is 2.16. The largest absolute Gasteiger partial charge is 0.377 e. The van der Waals surface area contributed by atoms with Crippen molar-refractivity contribution in [1.29, 1.82) is 0 Å². The molecule has 1 unspecified atom stereocenters. The van der Waals surface area contributed by atoms with Crippen LogP contribution in [-0.2, 0) is 4.74 Å². The normalized spacial score (nSPS) is 22.8. The monoisotopic (exact) mass is 186 g/mol. The van der Waals surface area contributed by atoms with Crippen molar-refractivity contribution in [2.75, 3.05) is 39.8 Å². The molecule has 0 aromatic carbocycles. The molecule has 1 aliphatic heterocycles. The van der Waals surface area contributed by atoms with Gasteiger partial charge in [-0.2, -0.15) is 0 Å². The molecule has 0 aromatic rings. The highest BCUT2D eigenvalue weighted by molar-refractivity contribution is 4.68. The summed E-state index contributed by atoms with van der Waals surface area (Å²) in [6.45, 7) is 7.46. The summed E-state index contributed by atoms with van der Waals surface area (Å²) in [5, 5.41) is 3.32. The third-order valence-corrected chi connectivity index (χ3v) is 2.46. The minimum atomic E-state index is 0.492. The fraction of sp³-hybridized carbons (Fsp3) is 1.00. The Morgan fingerprint density at radius 3 is 3.00 bits per heavy atom. The molecule has 0 spiro atoms. The number of nitrogens with one attached hydrogen (secondary N) is 1. The SMILES string of the molecule is CCNCCN(C)CC1CCCO1. The highest BCUT2D eigenvalue weighted by atomic mass is 16.5. The molecule has 0 saturated carbocycles. The first kappa shape index (κ1) is 11.0. The van der Waals surface area contributed by atoms with Gasteiger partial charge >= 0.3 is 0 Å². The second kappa shape index (κ2) is 6.35. The van der Waals surface area contributed by atoms with Crippen molar-refractivity contribution in [2.45, 2.75) is 25.9 Å². The average Bonchev–Trinajstić information content (AvgIpc) is 2.57. The van der Waals surface area contributed by atoms with Crippen LogP contribution in [0.25, 0.3) is 0 Å². The predicted molar refractivity (Wildman–Crippen MR) is 55.0 cm³/mol. The van der Waals surface area contributed by atoms with Gasteiger partial charge in [0, 0.05) is 26.2 Å². The Morgan fingerprint density at radius 2 is 2.38 bits per heavy atom. The number of ether oxygens (including phenoxy) is 1. The quantitative estimate of drug-likeness (QED) is 0.618. The van der Waals surface area contributed by atoms with E-state index in [9.17, 15) is 0 Å². The van der Waals surface area contributed by atoms with Crippen LogP contribution in [0.2, 0.25) is 0 Å². The summed E-state index contributed by atoms with van der Waals surface area (Å²) in [7, 11) is 2.17. The molecular weight excluding hydrogens is 164 g/mol. The number of nitrogens with zero attached hydrogens (tertiary/aromatic N) is 1. The first-order valence-corrected chi connectivity index (χ1v) is 5.33. The van der Waals surface area contributed by atoms with Crippen molar-refractivity contribution in [2.24, 2.45) is 0 Å². The zero-order chi connectivity index (χ0) is 9.52. The minimum absolute atomic E-state index is 0.492. The van der Waals surface area contributed by atoms with E-state index in [2.05, 4.69) is 24.2 Å². The maximum absolute atomic E-state index is 5.57. The fourth-order valence-electron chi connectivity index (χ4n) is 1.67. The number of likely N-dealkylation sites (N-methyl/N-ethyl adjacent to an activating group) is 2. The Bertz CT molecular complexity index is 124. The second-order valence-corrected chi connectivity index (χ2v) is 3.75. The number of rotatable bonds is 6. The molecule has 3 nitrogen and oxygen atoms in total. The van der Waals surface area contributed by atoms with Crippen molar-refractivity contribution >= 4 is 0 Å². The maximum atomic E-state index is 5.57. The summed E-state index contributed by atoms with van der Waals surface area (Å²) in [6, 6.07) is 0. The van der Waals surface area contributed by atoms with Gasteiger partial charge in [0.2, 0.25) is 0 Å². The Kier molecular flexibility index (Phi) is 5.35. The van der Waals surface area contributed by atoms with Crippen molar-refractivity contribution in [3.63, 3.8) is 0 Å². The van der Waals surface area contributed by atoms with Gasteiger partial charge < -0.3 is 15.0 Å². The van der Waals surface area contributed by atoms with Gasteiger partial charge in [-0.3, -0.25) is 0 Å². The van der Waals surface area contributed by atoms with Crippen molar-refractivity contribution in [1.82, 2.24) is 10.2 Å². The Labute approximate surface area is 81.4 Å². The van der Waals surface area contributed by atoms with Gasteiger partial charge in [0.15, 0.2) is 0 Å². The lowest BCUT2D eigenvalue weighted by molar-refractivity contribution is 0.0815. The van der Waals surface area contributed by atoms with Crippen LogP contribution in [0.3, 0.4) is 0 Å². The molecule has 0 radical (unpaired) electrons. The van der Waals surface area contributed by atoms with Crippen molar-refractivity contribution in [3.8, 4) is 0 Å². The van der Waals surface area contributed by atoms with E-state index in [4.69, 9.17) is 4.74 Å².